The molecule has 0 atom stereocenters. The minimum atomic E-state index is -0.510. The van der Waals surface area contributed by atoms with E-state index in [0.29, 0.717) is 17.0 Å². The first-order chi connectivity index (χ1) is 10.0. The number of amides is 1. The van der Waals surface area contributed by atoms with Gasteiger partial charge >= 0.3 is 0 Å². The summed E-state index contributed by atoms with van der Waals surface area (Å²) < 4.78 is 4.92. The molecule has 0 radical (unpaired) electrons. The van der Waals surface area contributed by atoms with Crippen LogP contribution in [0.1, 0.15) is 21.8 Å². The number of carbonyl (C=O) groups excluding carboxylic acids is 1. The molecule has 0 unspecified atom stereocenters. The summed E-state index contributed by atoms with van der Waals surface area (Å²) in [4.78, 5) is 22.1. The number of aryl methyl sites for hydroxylation is 1. The van der Waals surface area contributed by atoms with Crippen LogP contribution in [0, 0.1) is 17.0 Å². The highest BCUT2D eigenvalue weighted by Gasteiger charge is 2.16. The lowest BCUT2D eigenvalue weighted by Crippen LogP contribution is -2.18. The summed E-state index contributed by atoms with van der Waals surface area (Å²) in [7, 11) is 1.50. The van der Waals surface area contributed by atoms with Gasteiger partial charge in [0.15, 0.2) is 0 Å². The number of benzene rings is 1. The first-order valence-electron chi connectivity index (χ1n) is 6.18. The Balaban J connectivity index is 2.25. The van der Waals surface area contributed by atoms with Crippen molar-refractivity contribution >= 4 is 17.3 Å². The molecule has 0 saturated carbocycles. The topological polar surface area (TPSA) is 110 Å². The van der Waals surface area contributed by atoms with Crippen molar-refractivity contribution in [2.75, 3.05) is 12.4 Å². The average molecular weight is 290 g/mol. The molecule has 2 N–H and O–H groups in total. The number of hydrogen-bond acceptors (Lipinski definition) is 6. The fourth-order valence-electron chi connectivity index (χ4n) is 1.81. The van der Waals surface area contributed by atoms with Gasteiger partial charge in [0, 0.05) is 24.7 Å². The highest BCUT2D eigenvalue weighted by molar-refractivity contribution is 5.95. The fourth-order valence-corrected chi connectivity index (χ4v) is 1.81. The summed E-state index contributed by atoms with van der Waals surface area (Å²) in [5.41, 5.74) is 1.10. The number of anilines is 1. The Bertz CT molecular complexity index is 681. The van der Waals surface area contributed by atoms with Crippen LogP contribution in [0.15, 0.2) is 28.8 Å². The van der Waals surface area contributed by atoms with Crippen LogP contribution in [0.4, 0.5) is 11.4 Å². The third kappa shape index (κ3) is 3.35. The molecule has 2 aromatic rings. The Kier molecular flexibility index (Phi) is 4.17. The molecule has 8 nitrogen and oxygen atoms in total. The van der Waals surface area contributed by atoms with Crippen LogP contribution in [0.5, 0.6) is 0 Å². The van der Waals surface area contributed by atoms with Crippen molar-refractivity contribution < 1.29 is 14.2 Å². The maximum absolute atomic E-state index is 11.6. The van der Waals surface area contributed by atoms with E-state index >= 15 is 0 Å². The van der Waals surface area contributed by atoms with E-state index in [1.165, 1.54) is 25.2 Å². The van der Waals surface area contributed by atoms with Crippen LogP contribution in [-0.2, 0) is 6.54 Å². The van der Waals surface area contributed by atoms with E-state index in [-0.39, 0.29) is 23.8 Å². The van der Waals surface area contributed by atoms with Gasteiger partial charge in [0.1, 0.15) is 17.1 Å². The molecule has 1 aromatic carbocycles. The fraction of sp³-hybridized carbons (Fsp3) is 0.231. The number of carbonyl (C=O) groups is 1. The van der Waals surface area contributed by atoms with Crippen molar-refractivity contribution in [2.45, 2.75) is 13.5 Å². The van der Waals surface area contributed by atoms with Gasteiger partial charge in [-0.25, -0.2) is 0 Å². The average Bonchev–Trinajstić information content (AvgIpc) is 2.89. The molecule has 0 aliphatic carbocycles. The smallest absolute Gasteiger partial charge is 0.292 e. The van der Waals surface area contributed by atoms with Gasteiger partial charge < -0.3 is 15.2 Å². The van der Waals surface area contributed by atoms with Gasteiger partial charge in [0.2, 0.25) is 0 Å². The van der Waals surface area contributed by atoms with Gasteiger partial charge in [-0.1, -0.05) is 5.16 Å². The third-order valence-corrected chi connectivity index (χ3v) is 2.82. The summed E-state index contributed by atoms with van der Waals surface area (Å²) >= 11 is 0. The van der Waals surface area contributed by atoms with E-state index in [0.717, 1.165) is 0 Å². The predicted octanol–water partition coefficient (Wildman–Crippen LogP) is 1.86. The number of hydrogen-bond donors (Lipinski definition) is 2. The molecule has 1 amide bonds. The quantitative estimate of drug-likeness (QED) is 0.642. The number of nitro groups is 1. The monoisotopic (exact) mass is 290 g/mol. The molecule has 0 spiro atoms. The second kappa shape index (κ2) is 6.04. The van der Waals surface area contributed by atoms with Crippen LogP contribution in [-0.4, -0.2) is 23.0 Å². The standard InChI is InChI=1S/C13H14N4O4/c1-8-5-10(16-21-8)7-15-11-6-9(13(18)14-2)3-4-12(11)17(19)20/h3-6,15H,7H2,1-2H3,(H,14,18). The molecular formula is C13H14N4O4. The number of rotatable bonds is 5. The van der Waals surface area contributed by atoms with Crippen LogP contribution in [0.25, 0.3) is 0 Å². The van der Waals surface area contributed by atoms with Crippen molar-refractivity contribution in [1.29, 1.82) is 0 Å². The Morgan fingerprint density at radius 3 is 2.76 bits per heavy atom. The minimum absolute atomic E-state index is 0.108. The number of nitro benzene ring substituents is 1. The second-order valence-corrected chi connectivity index (χ2v) is 4.35. The Labute approximate surface area is 120 Å². The van der Waals surface area contributed by atoms with Crippen LogP contribution < -0.4 is 10.6 Å². The van der Waals surface area contributed by atoms with E-state index in [9.17, 15) is 14.9 Å². The lowest BCUT2D eigenvalue weighted by molar-refractivity contribution is -0.384. The first kappa shape index (κ1) is 14.5. The van der Waals surface area contributed by atoms with Crippen molar-refractivity contribution in [2.24, 2.45) is 0 Å². The normalized spacial score (nSPS) is 10.2. The molecule has 1 heterocycles. The second-order valence-electron chi connectivity index (χ2n) is 4.35. The Morgan fingerprint density at radius 1 is 1.43 bits per heavy atom. The van der Waals surface area contributed by atoms with Crippen molar-refractivity contribution in [3.8, 4) is 0 Å². The summed E-state index contributed by atoms with van der Waals surface area (Å²) in [6.07, 6.45) is 0. The van der Waals surface area contributed by atoms with Gasteiger partial charge in [-0.15, -0.1) is 0 Å². The van der Waals surface area contributed by atoms with Gasteiger partial charge in [-0.2, -0.15) is 0 Å². The van der Waals surface area contributed by atoms with E-state index in [2.05, 4.69) is 15.8 Å². The van der Waals surface area contributed by atoms with Gasteiger partial charge in [0.25, 0.3) is 11.6 Å². The molecule has 0 bridgehead atoms. The van der Waals surface area contributed by atoms with Crippen molar-refractivity contribution in [1.82, 2.24) is 10.5 Å². The highest BCUT2D eigenvalue weighted by atomic mass is 16.6. The molecular weight excluding hydrogens is 276 g/mol. The van der Waals surface area contributed by atoms with Crippen LogP contribution >= 0.6 is 0 Å². The van der Waals surface area contributed by atoms with E-state index in [1.54, 1.807) is 13.0 Å². The lowest BCUT2D eigenvalue weighted by atomic mass is 10.1. The molecule has 0 fully saturated rings. The molecule has 8 heteroatoms. The Morgan fingerprint density at radius 2 is 2.19 bits per heavy atom. The molecule has 1 aromatic heterocycles. The van der Waals surface area contributed by atoms with Gasteiger partial charge in [-0.05, 0) is 19.1 Å². The Hall–Kier alpha value is -2.90. The minimum Gasteiger partial charge on any atom is -0.374 e. The highest BCUT2D eigenvalue weighted by Crippen LogP contribution is 2.26. The van der Waals surface area contributed by atoms with E-state index in [4.69, 9.17) is 4.52 Å². The van der Waals surface area contributed by atoms with Crippen LogP contribution in [0.2, 0.25) is 0 Å². The largest absolute Gasteiger partial charge is 0.374 e. The van der Waals surface area contributed by atoms with E-state index < -0.39 is 4.92 Å². The van der Waals surface area contributed by atoms with E-state index in [1.807, 2.05) is 0 Å². The zero-order chi connectivity index (χ0) is 15.4. The molecule has 21 heavy (non-hydrogen) atoms. The van der Waals surface area contributed by atoms with Gasteiger partial charge in [-0.3, -0.25) is 14.9 Å². The SMILES string of the molecule is CNC(=O)c1ccc([N+](=O)[O-])c(NCc2cc(C)on2)c1. The maximum atomic E-state index is 11.6. The van der Waals surface area contributed by atoms with Crippen LogP contribution in [0.3, 0.4) is 0 Å². The summed E-state index contributed by atoms with van der Waals surface area (Å²) in [5, 5.41) is 20.2. The van der Waals surface area contributed by atoms with Gasteiger partial charge in [0.05, 0.1) is 11.5 Å². The summed E-state index contributed by atoms with van der Waals surface area (Å²) in [5.74, 6) is 0.339. The number of nitrogens with zero attached hydrogens (tertiary/aromatic N) is 2. The molecule has 0 saturated heterocycles. The number of aromatic nitrogens is 1. The summed E-state index contributed by atoms with van der Waals surface area (Å²) in [6.45, 7) is 2.01. The van der Waals surface area contributed by atoms with Crippen molar-refractivity contribution in [3.05, 3.63) is 51.4 Å². The number of nitrogens with one attached hydrogen (secondary N) is 2. The predicted molar refractivity (Wildman–Crippen MR) is 75.1 cm³/mol. The molecule has 110 valence electrons. The third-order valence-electron chi connectivity index (χ3n) is 2.82. The zero-order valence-electron chi connectivity index (χ0n) is 11.5. The first-order valence-corrected chi connectivity index (χ1v) is 6.18. The lowest BCUT2D eigenvalue weighted by Gasteiger charge is -2.07. The molecule has 2 rings (SSSR count). The molecule has 0 aliphatic rings. The summed E-state index contributed by atoms with van der Waals surface area (Å²) in [6, 6.07) is 5.86. The molecule has 0 aliphatic heterocycles. The zero-order valence-corrected chi connectivity index (χ0v) is 11.5. The van der Waals surface area contributed by atoms with Crippen molar-refractivity contribution in [3.63, 3.8) is 0 Å². The maximum Gasteiger partial charge on any atom is 0.292 e.